The Bertz CT molecular complexity index is 683. The number of fused-ring (bicyclic) bond motifs is 1. The van der Waals surface area contributed by atoms with Gasteiger partial charge in [-0.3, -0.25) is 4.57 Å². The first-order chi connectivity index (χ1) is 8.27. The molecule has 0 amide bonds. The molecule has 0 atom stereocenters. The minimum Gasteiger partial charge on any atom is -0.397 e. The van der Waals surface area contributed by atoms with Gasteiger partial charge in [0.1, 0.15) is 5.82 Å². The maximum Gasteiger partial charge on any atom is 0.109 e. The van der Waals surface area contributed by atoms with Crippen LogP contribution in [0.4, 0.5) is 11.5 Å². The van der Waals surface area contributed by atoms with Crippen LogP contribution in [0.25, 0.3) is 16.6 Å². The lowest BCUT2D eigenvalue weighted by molar-refractivity contribution is 1.14. The zero-order valence-electron chi connectivity index (χ0n) is 9.30. The van der Waals surface area contributed by atoms with Crippen LogP contribution >= 0.6 is 0 Å². The van der Waals surface area contributed by atoms with E-state index in [1.54, 1.807) is 0 Å². The molecule has 3 nitrogen and oxygen atoms in total. The summed E-state index contributed by atoms with van der Waals surface area (Å²) in [6.45, 7) is 0. The number of nitrogens with zero attached hydrogens (tertiary/aromatic N) is 1. The fourth-order valence-corrected chi connectivity index (χ4v) is 2.14. The molecule has 0 radical (unpaired) electrons. The van der Waals surface area contributed by atoms with E-state index in [0.717, 1.165) is 22.3 Å². The van der Waals surface area contributed by atoms with E-state index in [4.69, 9.17) is 11.5 Å². The monoisotopic (exact) mass is 223 g/mol. The summed E-state index contributed by atoms with van der Waals surface area (Å²) < 4.78 is 1.98. The van der Waals surface area contributed by atoms with Gasteiger partial charge in [-0.05, 0) is 24.3 Å². The van der Waals surface area contributed by atoms with E-state index >= 15 is 0 Å². The molecule has 1 aromatic heterocycles. The molecular formula is C14H13N3. The second-order valence-corrected chi connectivity index (χ2v) is 4.02. The molecule has 1 heterocycles. The highest BCUT2D eigenvalue weighted by Gasteiger charge is 2.09. The largest absolute Gasteiger partial charge is 0.397 e. The van der Waals surface area contributed by atoms with E-state index in [-0.39, 0.29) is 0 Å². The maximum atomic E-state index is 6.06. The van der Waals surface area contributed by atoms with Gasteiger partial charge in [0.15, 0.2) is 0 Å². The highest BCUT2D eigenvalue weighted by molar-refractivity contribution is 5.87. The van der Waals surface area contributed by atoms with Gasteiger partial charge in [-0.1, -0.05) is 30.3 Å². The van der Waals surface area contributed by atoms with Crippen molar-refractivity contribution in [1.82, 2.24) is 4.57 Å². The molecule has 0 aliphatic heterocycles. The van der Waals surface area contributed by atoms with Gasteiger partial charge in [0.2, 0.25) is 0 Å². The first kappa shape index (κ1) is 9.78. The first-order valence-corrected chi connectivity index (χ1v) is 5.48. The van der Waals surface area contributed by atoms with Gasteiger partial charge in [-0.15, -0.1) is 0 Å². The zero-order valence-corrected chi connectivity index (χ0v) is 9.30. The van der Waals surface area contributed by atoms with Crippen molar-refractivity contribution in [3.8, 4) is 5.69 Å². The van der Waals surface area contributed by atoms with E-state index < -0.39 is 0 Å². The third-order valence-corrected chi connectivity index (χ3v) is 2.92. The number of anilines is 2. The Labute approximate surface area is 99.3 Å². The van der Waals surface area contributed by atoms with Gasteiger partial charge in [0.25, 0.3) is 0 Å². The predicted octanol–water partition coefficient (Wildman–Crippen LogP) is 2.79. The summed E-state index contributed by atoms with van der Waals surface area (Å²) in [5.74, 6) is 0.698. The van der Waals surface area contributed by atoms with Crippen molar-refractivity contribution >= 4 is 22.4 Å². The summed E-state index contributed by atoms with van der Waals surface area (Å²) >= 11 is 0. The topological polar surface area (TPSA) is 57.0 Å². The van der Waals surface area contributed by atoms with Crippen LogP contribution in [0.3, 0.4) is 0 Å². The van der Waals surface area contributed by atoms with Crippen LogP contribution in [0, 0.1) is 0 Å². The fraction of sp³-hybridized carbons (Fsp3) is 0. The number of hydrogen-bond donors (Lipinski definition) is 2. The molecule has 0 saturated carbocycles. The van der Waals surface area contributed by atoms with Crippen LogP contribution in [0.15, 0.2) is 54.6 Å². The minimum atomic E-state index is 0.698. The second kappa shape index (κ2) is 3.56. The molecule has 4 N–H and O–H groups in total. The summed E-state index contributed by atoms with van der Waals surface area (Å²) in [7, 11) is 0. The molecule has 3 rings (SSSR count). The summed E-state index contributed by atoms with van der Waals surface area (Å²) in [4.78, 5) is 0. The summed E-state index contributed by atoms with van der Waals surface area (Å²) in [6.07, 6.45) is 0. The molecular weight excluding hydrogens is 210 g/mol. The molecule has 0 aliphatic carbocycles. The van der Waals surface area contributed by atoms with Crippen LogP contribution in [0.1, 0.15) is 0 Å². The van der Waals surface area contributed by atoms with E-state index in [0.29, 0.717) is 5.82 Å². The summed E-state index contributed by atoms with van der Waals surface area (Å²) in [6, 6.07) is 17.8. The van der Waals surface area contributed by atoms with Crippen molar-refractivity contribution in [2.75, 3.05) is 11.5 Å². The number of para-hydroxylation sites is 3. The summed E-state index contributed by atoms with van der Waals surface area (Å²) in [5.41, 5.74) is 14.8. The highest BCUT2D eigenvalue weighted by Crippen LogP contribution is 2.28. The van der Waals surface area contributed by atoms with Crippen molar-refractivity contribution in [3.63, 3.8) is 0 Å². The van der Waals surface area contributed by atoms with Gasteiger partial charge in [-0.2, -0.15) is 0 Å². The van der Waals surface area contributed by atoms with Crippen molar-refractivity contribution in [1.29, 1.82) is 0 Å². The van der Waals surface area contributed by atoms with E-state index in [2.05, 4.69) is 0 Å². The normalized spacial score (nSPS) is 10.8. The van der Waals surface area contributed by atoms with Crippen LogP contribution < -0.4 is 11.5 Å². The number of aromatic nitrogens is 1. The fourth-order valence-electron chi connectivity index (χ4n) is 2.14. The second-order valence-electron chi connectivity index (χ2n) is 4.02. The molecule has 0 bridgehead atoms. The van der Waals surface area contributed by atoms with E-state index in [9.17, 15) is 0 Å². The van der Waals surface area contributed by atoms with Gasteiger partial charge >= 0.3 is 0 Å². The van der Waals surface area contributed by atoms with Crippen LogP contribution in [0.5, 0.6) is 0 Å². The number of nitrogen functional groups attached to an aromatic ring is 2. The lowest BCUT2D eigenvalue weighted by atomic mass is 10.2. The van der Waals surface area contributed by atoms with Gasteiger partial charge in [0, 0.05) is 5.39 Å². The average molecular weight is 223 g/mol. The Balaban J connectivity index is 2.38. The number of benzene rings is 2. The number of hydrogen-bond acceptors (Lipinski definition) is 2. The van der Waals surface area contributed by atoms with Crippen LogP contribution in [-0.2, 0) is 0 Å². The Kier molecular flexibility index (Phi) is 2.05. The Hall–Kier alpha value is -2.42. The van der Waals surface area contributed by atoms with E-state index in [1.165, 1.54) is 0 Å². The average Bonchev–Trinajstić information content (AvgIpc) is 2.66. The lowest BCUT2D eigenvalue weighted by Gasteiger charge is -2.10. The number of rotatable bonds is 1. The first-order valence-electron chi connectivity index (χ1n) is 5.48. The standard InChI is InChI=1S/C14H13N3/c15-11-6-2-4-8-13(11)17-12-7-3-1-5-10(12)9-14(17)16/h1-9H,15-16H2. The molecule has 3 heteroatoms. The molecule has 2 aromatic carbocycles. The molecule has 17 heavy (non-hydrogen) atoms. The highest BCUT2D eigenvalue weighted by atomic mass is 15.1. The molecule has 0 saturated heterocycles. The molecule has 0 fully saturated rings. The summed E-state index contributed by atoms with van der Waals surface area (Å²) in [5, 5.41) is 1.12. The third-order valence-electron chi connectivity index (χ3n) is 2.92. The molecule has 0 aliphatic rings. The van der Waals surface area contributed by atoms with Crippen LogP contribution in [0.2, 0.25) is 0 Å². The van der Waals surface area contributed by atoms with Gasteiger partial charge in [0.05, 0.1) is 16.9 Å². The van der Waals surface area contributed by atoms with Gasteiger partial charge < -0.3 is 11.5 Å². The molecule has 3 aromatic rings. The van der Waals surface area contributed by atoms with Crippen LogP contribution in [-0.4, -0.2) is 4.57 Å². The van der Waals surface area contributed by atoms with Crippen molar-refractivity contribution < 1.29 is 0 Å². The van der Waals surface area contributed by atoms with Crippen molar-refractivity contribution in [2.45, 2.75) is 0 Å². The zero-order chi connectivity index (χ0) is 11.8. The molecule has 0 spiro atoms. The van der Waals surface area contributed by atoms with Crippen molar-refractivity contribution in [2.24, 2.45) is 0 Å². The third kappa shape index (κ3) is 1.44. The number of nitrogens with two attached hydrogens (primary N) is 2. The molecule has 0 unspecified atom stereocenters. The quantitative estimate of drug-likeness (QED) is 0.623. The Morgan fingerprint density at radius 2 is 1.53 bits per heavy atom. The smallest absolute Gasteiger partial charge is 0.109 e. The molecule has 84 valence electrons. The lowest BCUT2D eigenvalue weighted by Crippen LogP contribution is -2.02. The maximum absolute atomic E-state index is 6.06. The minimum absolute atomic E-state index is 0.698. The van der Waals surface area contributed by atoms with Crippen molar-refractivity contribution in [3.05, 3.63) is 54.6 Å². The Morgan fingerprint density at radius 1 is 0.824 bits per heavy atom. The Morgan fingerprint density at radius 3 is 2.35 bits per heavy atom. The van der Waals surface area contributed by atoms with E-state index in [1.807, 2.05) is 59.2 Å². The SMILES string of the molecule is Nc1ccccc1-n1c(N)cc2ccccc21. The predicted molar refractivity (Wildman–Crippen MR) is 72.1 cm³/mol. The van der Waals surface area contributed by atoms with Gasteiger partial charge in [-0.25, -0.2) is 0 Å².